The Morgan fingerprint density at radius 3 is 2.93 bits per heavy atom. The monoisotopic (exact) mass is 238 g/mol. The molecule has 1 aromatic rings. The molecule has 1 aliphatic heterocycles. The molecule has 15 heavy (non-hydrogen) atoms. The topological polar surface area (TPSA) is 24.4 Å². The zero-order valence-electron chi connectivity index (χ0n) is 9.07. The lowest BCUT2D eigenvalue weighted by Crippen LogP contribution is -2.16. The zero-order valence-corrected chi connectivity index (χ0v) is 10.7. The minimum absolute atomic E-state index is 0.559. The predicted molar refractivity (Wildman–Crippen MR) is 70.0 cm³/mol. The Labute approximate surface area is 99.1 Å². The molecule has 0 bridgehead atoms. The molecule has 0 spiro atoms. The number of nitrogens with zero attached hydrogens (tertiary/aromatic N) is 1. The van der Waals surface area contributed by atoms with Crippen molar-refractivity contribution in [3.8, 4) is 0 Å². The molecule has 0 unspecified atom stereocenters. The van der Waals surface area contributed by atoms with E-state index in [4.69, 9.17) is 0 Å². The molecule has 1 heterocycles. The fourth-order valence-corrected chi connectivity index (χ4v) is 2.92. The first kappa shape index (κ1) is 10.9. The maximum absolute atomic E-state index is 4.57. The first-order valence-corrected chi connectivity index (χ1v) is 6.63. The van der Waals surface area contributed by atoms with Crippen molar-refractivity contribution >= 4 is 34.6 Å². The van der Waals surface area contributed by atoms with Crippen molar-refractivity contribution in [2.24, 2.45) is 4.99 Å². The smallest absolute Gasteiger partial charge is 0.172 e. The normalized spacial score (nSPS) is 14.5. The van der Waals surface area contributed by atoms with Gasteiger partial charge in [0, 0.05) is 5.25 Å². The average molecular weight is 238 g/mol. The SMILES string of the molecule is Cc1ccc2c(c1)SNC(SC(C)C)=N2. The summed E-state index contributed by atoms with van der Waals surface area (Å²) < 4.78 is 3.26. The minimum atomic E-state index is 0.559. The van der Waals surface area contributed by atoms with Gasteiger partial charge in [-0.25, -0.2) is 4.99 Å². The van der Waals surface area contributed by atoms with Crippen molar-refractivity contribution in [2.75, 3.05) is 0 Å². The molecule has 0 fully saturated rings. The van der Waals surface area contributed by atoms with Crippen LogP contribution in [0.4, 0.5) is 5.69 Å². The van der Waals surface area contributed by atoms with Gasteiger partial charge in [0.25, 0.3) is 0 Å². The van der Waals surface area contributed by atoms with Crippen LogP contribution in [0.1, 0.15) is 19.4 Å². The van der Waals surface area contributed by atoms with Crippen molar-refractivity contribution in [3.05, 3.63) is 23.8 Å². The van der Waals surface area contributed by atoms with Crippen LogP contribution < -0.4 is 4.72 Å². The molecule has 2 nitrogen and oxygen atoms in total. The van der Waals surface area contributed by atoms with E-state index < -0.39 is 0 Å². The van der Waals surface area contributed by atoms with Crippen molar-refractivity contribution in [3.63, 3.8) is 0 Å². The quantitative estimate of drug-likeness (QED) is 0.754. The molecule has 0 atom stereocenters. The van der Waals surface area contributed by atoms with E-state index in [1.165, 1.54) is 10.5 Å². The zero-order chi connectivity index (χ0) is 10.8. The van der Waals surface area contributed by atoms with Crippen molar-refractivity contribution in [1.82, 2.24) is 4.72 Å². The van der Waals surface area contributed by atoms with E-state index in [1.54, 1.807) is 23.7 Å². The summed E-state index contributed by atoms with van der Waals surface area (Å²) in [7, 11) is 0. The number of amidine groups is 1. The average Bonchev–Trinajstić information content (AvgIpc) is 2.17. The number of fused-ring (bicyclic) bond motifs is 1. The van der Waals surface area contributed by atoms with Gasteiger partial charge in [-0.05, 0) is 36.6 Å². The Kier molecular flexibility index (Phi) is 3.26. The molecule has 2 rings (SSSR count). The summed E-state index contributed by atoms with van der Waals surface area (Å²) in [5.41, 5.74) is 2.35. The van der Waals surface area contributed by atoms with Gasteiger partial charge in [0.1, 0.15) is 0 Å². The second-order valence-corrected chi connectivity index (χ2v) is 6.17. The van der Waals surface area contributed by atoms with Crippen LogP contribution in [0.3, 0.4) is 0 Å². The van der Waals surface area contributed by atoms with E-state index in [2.05, 4.69) is 48.7 Å². The van der Waals surface area contributed by atoms with Gasteiger partial charge in [0.15, 0.2) is 5.17 Å². The number of benzene rings is 1. The maximum atomic E-state index is 4.57. The van der Waals surface area contributed by atoms with E-state index in [1.807, 2.05) is 0 Å². The summed E-state index contributed by atoms with van der Waals surface area (Å²) in [6.45, 7) is 6.44. The van der Waals surface area contributed by atoms with Crippen LogP contribution in [0.5, 0.6) is 0 Å². The van der Waals surface area contributed by atoms with E-state index in [9.17, 15) is 0 Å². The lowest BCUT2D eigenvalue weighted by atomic mass is 10.2. The Morgan fingerprint density at radius 1 is 1.40 bits per heavy atom. The lowest BCUT2D eigenvalue weighted by molar-refractivity contribution is 1.12. The van der Waals surface area contributed by atoms with Crippen LogP contribution >= 0.6 is 23.7 Å². The van der Waals surface area contributed by atoms with Crippen molar-refractivity contribution in [1.29, 1.82) is 0 Å². The molecular formula is C11H14N2S2. The fraction of sp³-hybridized carbons (Fsp3) is 0.364. The van der Waals surface area contributed by atoms with E-state index >= 15 is 0 Å². The van der Waals surface area contributed by atoms with Gasteiger partial charge >= 0.3 is 0 Å². The summed E-state index contributed by atoms with van der Waals surface area (Å²) in [5.74, 6) is 0. The number of nitrogens with one attached hydrogen (secondary N) is 1. The summed E-state index contributed by atoms with van der Waals surface area (Å²) in [5, 5.41) is 1.57. The third-order valence-corrected chi connectivity index (χ3v) is 3.79. The molecule has 0 saturated carbocycles. The van der Waals surface area contributed by atoms with Gasteiger partial charge in [0.05, 0.1) is 10.6 Å². The molecule has 1 aliphatic rings. The summed E-state index contributed by atoms with van der Waals surface area (Å²) >= 11 is 3.41. The van der Waals surface area contributed by atoms with E-state index in [0.717, 1.165) is 10.9 Å². The number of hydrogen-bond acceptors (Lipinski definition) is 4. The predicted octanol–water partition coefficient (Wildman–Crippen LogP) is 3.73. The number of aryl methyl sites for hydroxylation is 1. The first-order chi connectivity index (χ1) is 7.15. The van der Waals surface area contributed by atoms with Crippen LogP contribution in [-0.4, -0.2) is 10.4 Å². The Morgan fingerprint density at radius 2 is 2.20 bits per heavy atom. The van der Waals surface area contributed by atoms with Gasteiger partial charge in [-0.15, -0.1) is 0 Å². The van der Waals surface area contributed by atoms with Gasteiger partial charge < -0.3 is 4.72 Å². The molecule has 0 aromatic heterocycles. The number of rotatable bonds is 1. The van der Waals surface area contributed by atoms with Crippen LogP contribution in [0.15, 0.2) is 28.1 Å². The molecule has 0 saturated heterocycles. The summed E-state index contributed by atoms with van der Waals surface area (Å²) in [4.78, 5) is 5.79. The maximum Gasteiger partial charge on any atom is 0.172 e. The molecule has 0 radical (unpaired) electrons. The second kappa shape index (κ2) is 4.49. The minimum Gasteiger partial charge on any atom is -0.305 e. The van der Waals surface area contributed by atoms with Crippen molar-refractivity contribution in [2.45, 2.75) is 30.9 Å². The third-order valence-electron chi connectivity index (χ3n) is 1.93. The van der Waals surface area contributed by atoms with Gasteiger partial charge in [-0.2, -0.15) is 0 Å². The van der Waals surface area contributed by atoms with Gasteiger partial charge in [-0.1, -0.05) is 31.7 Å². The summed E-state index contributed by atoms with van der Waals surface area (Å²) in [6.07, 6.45) is 0. The Balaban J connectivity index is 2.25. The molecule has 4 heteroatoms. The number of aliphatic imine (C=N–C) groups is 1. The highest BCUT2D eigenvalue weighted by Gasteiger charge is 2.13. The van der Waals surface area contributed by atoms with Gasteiger partial charge in [-0.3, -0.25) is 0 Å². The van der Waals surface area contributed by atoms with Gasteiger partial charge in [0.2, 0.25) is 0 Å². The first-order valence-electron chi connectivity index (χ1n) is 4.94. The largest absolute Gasteiger partial charge is 0.305 e. The number of hydrogen-bond donors (Lipinski definition) is 1. The molecular weight excluding hydrogens is 224 g/mol. The highest BCUT2D eigenvalue weighted by molar-refractivity contribution is 8.16. The van der Waals surface area contributed by atoms with Crippen molar-refractivity contribution < 1.29 is 0 Å². The van der Waals surface area contributed by atoms with E-state index in [0.29, 0.717) is 5.25 Å². The lowest BCUT2D eigenvalue weighted by Gasteiger charge is -2.17. The second-order valence-electron chi connectivity index (χ2n) is 3.76. The summed E-state index contributed by atoms with van der Waals surface area (Å²) in [6, 6.07) is 6.35. The number of thioether (sulfide) groups is 1. The molecule has 1 N–H and O–H groups in total. The highest BCUT2D eigenvalue weighted by Crippen LogP contribution is 2.34. The molecule has 0 aliphatic carbocycles. The molecule has 80 valence electrons. The van der Waals surface area contributed by atoms with Crippen LogP contribution in [0.2, 0.25) is 0 Å². The Bertz CT molecular complexity index is 400. The standard InChI is InChI=1S/C11H14N2S2/c1-7(2)14-11-12-9-5-4-8(3)6-10(9)15-13-11/h4-7H,1-3H3,(H,12,13). The van der Waals surface area contributed by atoms with Crippen LogP contribution in [-0.2, 0) is 0 Å². The fourth-order valence-electron chi connectivity index (χ4n) is 1.30. The van der Waals surface area contributed by atoms with Crippen LogP contribution in [0, 0.1) is 6.92 Å². The van der Waals surface area contributed by atoms with E-state index in [-0.39, 0.29) is 0 Å². The molecule has 1 aromatic carbocycles. The van der Waals surface area contributed by atoms with Crippen LogP contribution in [0.25, 0.3) is 0 Å². The third kappa shape index (κ3) is 2.69. The molecule has 0 amide bonds. The highest BCUT2D eigenvalue weighted by atomic mass is 32.2. The Hall–Kier alpha value is -0.610.